The number of hydrogen-bond acceptors (Lipinski definition) is 4. The van der Waals surface area contributed by atoms with Crippen molar-refractivity contribution in [3.63, 3.8) is 0 Å². The predicted octanol–water partition coefficient (Wildman–Crippen LogP) is 1.44. The predicted molar refractivity (Wildman–Crippen MR) is 94.9 cm³/mol. The second kappa shape index (κ2) is 8.08. The number of benzene rings is 1. The monoisotopic (exact) mass is 327 g/mol. The maximum absolute atomic E-state index is 12.4. The maximum Gasteiger partial charge on any atom is 0.255 e. The van der Waals surface area contributed by atoms with E-state index in [2.05, 4.69) is 32.4 Å². The molecule has 6 nitrogen and oxygen atoms in total. The fourth-order valence-corrected chi connectivity index (χ4v) is 2.95. The van der Waals surface area contributed by atoms with Gasteiger partial charge in [-0.3, -0.25) is 9.89 Å². The molecule has 3 rings (SSSR count). The summed E-state index contributed by atoms with van der Waals surface area (Å²) in [5, 5.41) is 9.96. The average molecular weight is 327 g/mol. The number of carbonyl (C=O) groups excluding carboxylic acids is 1. The molecule has 2 heterocycles. The molecule has 0 unspecified atom stereocenters. The molecule has 0 saturated carbocycles. The van der Waals surface area contributed by atoms with Crippen LogP contribution < -0.4 is 5.32 Å². The first-order valence-electron chi connectivity index (χ1n) is 8.52. The van der Waals surface area contributed by atoms with Crippen molar-refractivity contribution in [3.05, 3.63) is 42.1 Å². The van der Waals surface area contributed by atoms with E-state index in [9.17, 15) is 4.79 Å². The Morgan fingerprint density at radius 1 is 1.21 bits per heavy atom. The van der Waals surface area contributed by atoms with Crippen molar-refractivity contribution in [2.24, 2.45) is 0 Å². The molecule has 1 aromatic carbocycles. The van der Waals surface area contributed by atoms with Crippen molar-refractivity contribution in [3.8, 4) is 11.3 Å². The van der Waals surface area contributed by atoms with Gasteiger partial charge < -0.3 is 15.1 Å². The standard InChI is InChI=1S/C18H25N5O/c1-22-10-12-23(13-11-22)9-5-8-19-18(24)16-14-20-21-17(16)15-6-3-2-4-7-15/h2-4,6-7,14H,5,8-13H2,1H3,(H,19,24)(H,20,21). The molecule has 1 amide bonds. The third-order valence-electron chi connectivity index (χ3n) is 4.48. The summed E-state index contributed by atoms with van der Waals surface area (Å²) in [5.41, 5.74) is 2.34. The van der Waals surface area contributed by atoms with Crippen LogP contribution in [0.15, 0.2) is 36.5 Å². The first-order chi connectivity index (χ1) is 11.7. The quantitative estimate of drug-likeness (QED) is 0.788. The van der Waals surface area contributed by atoms with Crippen molar-refractivity contribution in [2.45, 2.75) is 6.42 Å². The molecule has 0 spiro atoms. The third-order valence-corrected chi connectivity index (χ3v) is 4.48. The summed E-state index contributed by atoms with van der Waals surface area (Å²) < 4.78 is 0. The normalized spacial score (nSPS) is 16.2. The van der Waals surface area contributed by atoms with Crippen LogP contribution >= 0.6 is 0 Å². The SMILES string of the molecule is CN1CCN(CCCNC(=O)c2cn[nH]c2-c2ccccc2)CC1. The van der Waals surface area contributed by atoms with Gasteiger partial charge in [0, 0.05) is 38.3 Å². The van der Waals surface area contributed by atoms with Gasteiger partial charge in [-0.15, -0.1) is 0 Å². The van der Waals surface area contributed by atoms with E-state index in [4.69, 9.17) is 0 Å². The second-order valence-electron chi connectivity index (χ2n) is 6.28. The Bertz CT molecular complexity index is 646. The second-order valence-corrected chi connectivity index (χ2v) is 6.28. The van der Waals surface area contributed by atoms with E-state index in [0.29, 0.717) is 12.1 Å². The molecule has 0 aliphatic carbocycles. The zero-order chi connectivity index (χ0) is 16.8. The molecule has 1 aromatic heterocycles. The number of carbonyl (C=O) groups is 1. The highest BCUT2D eigenvalue weighted by Crippen LogP contribution is 2.20. The zero-order valence-corrected chi connectivity index (χ0v) is 14.2. The highest BCUT2D eigenvalue weighted by Gasteiger charge is 2.16. The van der Waals surface area contributed by atoms with Gasteiger partial charge >= 0.3 is 0 Å². The Balaban J connectivity index is 1.47. The van der Waals surface area contributed by atoms with Gasteiger partial charge in [-0.1, -0.05) is 30.3 Å². The molecule has 2 N–H and O–H groups in total. The van der Waals surface area contributed by atoms with Gasteiger partial charge in [0.1, 0.15) is 0 Å². The van der Waals surface area contributed by atoms with Crippen molar-refractivity contribution in [1.82, 2.24) is 25.3 Å². The summed E-state index contributed by atoms with van der Waals surface area (Å²) in [5.74, 6) is -0.0685. The highest BCUT2D eigenvalue weighted by atomic mass is 16.1. The molecule has 0 atom stereocenters. The zero-order valence-electron chi connectivity index (χ0n) is 14.2. The summed E-state index contributed by atoms with van der Waals surface area (Å²) in [6.07, 6.45) is 2.56. The Morgan fingerprint density at radius 3 is 2.71 bits per heavy atom. The molecule has 24 heavy (non-hydrogen) atoms. The van der Waals surface area contributed by atoms with Gasteiger partial charge in [-0.25, -0.2) is 0 Å². The Morgan fingerprint density at radius 2 is 1.96 bits per heavy atom. The average Bonchev–Trinajstić information content (AvgIpc) is 3.11. The van der Waals surface area contributed by atoms with Crippen LogP contribution in [0.4, 0.5) is 0 Å². The van der Waals surface area contributed by atoms with Crippen molar-refractivity contribution in [1.29, 1.82) is 0 Å². The third kappa shape index (κ3) is 4.21. The van der Waals surface area contributed by atoms with E-state index in [1.807, 2.05) is 30.3 Å². The van der Waals surface area contributed by atoms with Crippen molar-refractivity contribution >= 4 is 5.91 Å². The van der Waals surface area contributed by atoms with Crippen LogP contribution in [0.25, 0.3) is 11.3 Å². The van der Waals surface area contributed by atoms with Gasteiger partial charge in [0.25, 0.3) is 5.91 Å². The number of rotatable bonds is 6. The van der Waals surface area contributed by atoms with E-state index < -0.39 is 0 Å². The van der Waals surface area contributed by atoms with Gasteiger partial charge in [-0.05, 0) is 20.0 Å². The molecule has 1 fully saturated rings. The number of likely N-dealkylation sites (N-methyl/N-ethyl adjacent to an activating group) is 1. The number of nitrogens with zero attached hydrogens (tertiary/aromatic N) is 3. The number of H-pyrrole nitrogens is 1. The Hall–Kier alpha value is -2.18. The lowest BCUT2D eigenvalue weighted by Crippen LogP contribution is -2.45. The topological polar surface area (TPSA) is 64.3 Å². The minimum Gasteiger partial charge on any atom is -0.352 e. The minimum atomic E-state index is -0.0685. The lowest BCUT2D eigenvalue weighted by Gasteiger charge is -2.32. The van der Waals surface area contributed by atoms with E-state index in [-0.39, 0.29) is 5.91 Å². The van der Waals surface area contributed by atoms with Crippen LogP contribution in [0.2, 0.25) is 0 Å². The smallest absolute Gasteiger partial charge is 0.255 e. The molecular formula is C18H25N5O. The fourth-order valence-electron chi connectivity index (χ4n) is 2.95. The van der Waals surface area contributed by atoms with E-state index in [1.165, 1.54) is 0 Å². The first-order valence-corrected chi connectivity index (χ1v) is 8.52. The molecule has 2 aromatic rings. The molecule has 1 aliphatic heterocycles. The number of aromatic amines is 1. The van der Waals surface area contributed by atoms with Crippen LogP contribution in [-0.4, -0.2) is 72.2 Å². The Labute approximate surface area is 142 Å². The molecule has 128 valence electrons. The molecule has 1 saturated heterocycles. The van der Waals surface area contributed by atoms with Crippen LogP contribution in [0.1, 0.15) is 16.8 Å². The molecule has 0 radical (unpaired) electrons. The molecule has 1 aliphatic rings. The number of aromatic nitrogens is 2. The summed E-state index contributed by atoms with van der Waals surface area (Å²) in [6.45, 7) is 6.20. The van der Waals surface area contributed by atoms with E-state index in [1.54, 1.807) is 6.20 Å². The fraction of sp³-hybridized carbons (Fsp3) is 0.444. The van der Waals surface area contributed by atoms with Crippen molar-refractivity contribution in [2.75, 3.05) is 46.3 Å². The minimum absolute atomic E-state index is 0.0685. The molecular weight excluding hydrogens is 302 g/mol. The summed E-state index contributed by atoms with van der Waals surface area (Å²) in [4.78, 5) is 17.2. The van der Waals surface area contributed by atoms with Crippen molar-refractivity contribution < 1.29 is 4.79 Å². The number of amides is 1. The number of hydrogen-bond donors (Lipinski definition) is 2. The summed E-state index contributed by atoms with van der Waals surface area (Å²) in [6, 6.07) is 9.80. The first kappa shape index (κ1) is 16.7. The van der Waals surface area contributed by atoms with Crippen LogP contribution in [0.5, 0.6) is 0 Å². The lowest BCUT2D eigenvalue weighted by molar-refractivity contribution is 0.0950. The van der Waals surface area contributed by atoms with Gasteiger partial charge in [0.2, 0.25) is 0 Å². The van der Waals surface area contributed by atoms with Crippen LogP contribution in [0.3, 0.4) is 0 Å². The molecule has 6 heteroatoms. The van der Waals surface area contributed by atoms with Gasteiger partial charge in [0.15, 0.2) is 0 Å². The summed E-state index contributed by atoms with van der Waals surface area (Å²) in [7, 11) is 2.16. The number of nitrogens with one attached hydrogen (secondary N) is 2. The summed E-state index contributed by atoms with van der Waals surface area (Å²) >= 11 is 0. The van der Waals surface area contributed by atoms with Crippen LogP contribution in [0, 0.1) is 0 Å². The Kier molecular flexibility index (Phi) is 5.61. The van der Waals surface area contributed by atoms with E-state index in [0.717, 1.165) is 50.4 Å². The highest BCUT2D eigenvalue weighted by molar-refractivity contribution is 5.99. The maximum atomic E-state index is 12.4. The van der Waals surface area contributed by atoms with Gasteiger partial charge in [0.05, 0.1) is 17.5 Å². The lowest BCUT2D eigenvalue weighted by atomic mass is 10.1. The largest absolute Gasteiger partial charge is 0.352 e. The number of piperazine rings is 1. The van der Waals surface area contributed by atoms with E-state index >= 15 is 0 Å². The van der Waals surface area contributed by atoms with Gasteiger partial charge in [-0.2, -0.15) is 5.10 Å². The molecule has 0 bridgehead atoms. The van der Waals surface area contributed by atoms with Crippen LogP contribution in [-0.2, 0) is 0 Å².